The first-order valence-corrected chi connectivity index (χ1v) is 7.86. The Balaban J connectivity index is 1.58. The van der Waals surface area contributed by atoms with E-state index in [9.17, 15) is 9.59 Å². The Morgan fingerprint density at radius 2 is 1.57 bits per heavy atom. The lowest BCUT2D eigenvalue weighted by atomic mass is 9.49. The Morgan fingerprint density at radius 3 is 2.05 bits per heavy atom. The second-order valence-electron chi connectivity index (χ2n) is 7.13. The number of amides is 2. The number of nitrogens with zero attached hydrogens (tertiary/aromatic N) is 1. The van der Waals surface area contributed by atoms with Crippen LogP contribution < -0.4 is 16.8 Å². The molecule has 4 saturated carbocycles. The summed E-state index contributed by atoms with van der Waals surface area (Å²) >= 11 is 0. The van der Waals surface area contributed by atoms with E-state index < -0.39 is 0 Å². The molecule has 0 aromatic heterocycles. The number of imide groups is 1. The van der Waals surface area contributed by atoms with Gasteiger partial charge in [-0.2, -0.15) is 0 Å². The van der Waals surface area contributed by atoms with Gasteiger partial charge in [0.05, 0.1) is 12.0 Å². The Bertz CT molecular complexity index is 447. The van der Waals surface area contributed by atoms with E-state index in [2.05, 4.69) is 10.3 Å². The van der Waals surface area contributed by atoms with Crippen molar-refractivity contribution in [2.45, 2.75) is 44.9 Å². The van der Waals surface area contributed by atoms with Crippen LogP contribution in [0.3, 0.4) is 0 Å². The molecule has 0 saturated heterocycles. The smallest absolute Gasteiger partial charge is 0.232 e. The zero-order chi connectivity index (χ0) is 15.0. The molecule has 4 fully saturated rings. The second-order valence-corrected chi connectivity index (χ2v) is 7.13. The first kappa shape index (κ1) is 14.4. The summed E-state index contributed by atoms with van der Waals surface area (Å²) in [6.07, 6.45) is 6.89. The maximum atomic E-state index is 12.6. The molecule has 2 amide bonds. The molecule has 0 aliphatic heterocycles. The van der Waals surface area contributed by atoms with Gasteiger partial charge in [-0.1, -0.05) is 0 Å². The molecule has 4 aliphatic rings. The number of nitrogens with one attached hydrogen (secondary N) is 1. The van der Waals surface area contributed by atoms with E-state index >= 15 is 0 Å². The van der Waals surface area contributed by atoms with E-state index in [1.807, 2.05) is 0 Å². The van der Waals surface area contributed by atoms with Gasteiger partial charge < -0.3 is 11.5 Å². The van der Waals surface area contributed by atoms with Crippen LogP contribution in [0, 0.1) is 23.2 Å². The van der Waals surface area contributed by atoms with Crippen LogP contribution in [0.15, 0.2) is 4.99 Å². The van der Waals surface area contributed by atoms with Crippen molar-refractivity contribution in [1.29, 1.82) is 0 Å². The van der Waals surface area contributed by atoms with Crippen molar-refractivity contribution >= 4 is 17.8 Å². The minimum atomic E-state index is -0.277. The molecule has 0 heterocycles. The number of hydrogen-bond donors (Lipinski definition) is 3. The van der Waals surface area contributed by atoms with Gasteiger partial charge in [-0.3, -0.25) is 19.9 Å². The molecule has 6 heteroatoms. The maximum Gasteiger partial charge on any atom is 0.232 e. The second kappa shape index (κ2) is 5.31. The monoisotopic (exact) mass is 292 g/mol. The summed E-state index contributed by atoms with van der Waals surface area (Å²) in [7, 11) is 0. The fourth-order valence-electron chi connectivity index (χ4n) is 5.00. The molecular weight excluding hydrogens is 268 g/mol. The number of nitrogens with two attached hydrogens (primary N) is 2. The molecule has 6 nitrogen and oxygen atoms in total. The van der Waals surface area contributed by atoms with Crippen LogP contribution in [-0.4, -0.2) is 24.3 Å². The molecule has 116 valence electrons. The number of carbonyl (C=O) groups excluding carboxylic acids is 2. The standard InChI is InChI=1S/C15H24N4O2/c16-14(17)18-2-1-12(20)19-13(21)15-6-9-3-10(7-15)5-11(4-9)8-15/h9-11H,1-8H2,(H4,16,17,18)(H,19,20,21). The van der Waals surface area contributed by atoms with Crippen molar-refractivity contribution in [3.63, 3.8) is 0 Å². The van der Waals surface area contributed by atoms with E-state index in [0.29, 0.717) is 17.8 Å². The molecular formula is C15H24N4O2. The molecule has 0 unspecified atom stereocenters. The molecule has 4 aliphatic carbocycles. The fourth-order valence-corrected chi connectivity index (χ4v) is 5.00. The van der Waals surface area contributed by atoms with Gasteiger partial charge in [0.15, 0.2) is 5.96 Å². The van der Waals surface area contributed by atoms with Gasteiger partial charge in [0.1, 0.15) is 0 Å². The number of aliphatic imine (C=N–C) groups is 1. The van der Waals surface area contributed by atoms with Crippen LogP contribution in [0.5, 0.6) is 0 Å². The zero-order valence-corrected chi connectivity index (χ0v) is 12.3. The number of carbonyl (C=O) groups is 2. The van der Waals surface area contributed by atoms with Crippen LogP contribution in [0.4, 0.5) is 0 Å². The van der Waals surface area contributed by atoms with Gasteiger partial charge in [0, 0.05) is 6.42 Å². The predicted octanol–water partition coefficient (Wildman–Crippen LogP) is 0.509. The van der Waals surface area contributed by atoms with Gasteiger partial charge in [-0.25, -0.2) is 0 Å². The van der Waals surface area contributed by atoms with E-state index in [1.165, 1.54) is 19.3 Å². The lowest BCUT2D eigenvalue weighted by Gasteiger charge is -2.55. The average molecular weight is 292 g/mol. The van der Waals surface area contributed by atoms with Crippen LogP contribution in [0.2, 0.25) is 0 Å². The normalized spacial score (nSPS) is 36.3. The third kappa shape index (κ3) is 2.89. The van der Waals surface area contributed by atoms with Crippen LogP contribution in [-0.2, 0) is 9.59 Å². The Kier molecular flexibility index (Phi) is 3.63. The fraction of sp³-hybridized carbons (Fsp3) is 0.800. The molecule has 5 N–H and O–H groups in total. The Morgan fingerprint density at radius 1 is 1.05 bits per heavy atom. The minimum absolute atomic E-state index is 0.0322. The maximum absolute atomic E-state index is 12.6. The quantitative estimate of drug-likeness (QED) is 0.518. The van der Waals surface area contributed by atoms with Gasteiger partial charge in [-0.15, -0.1) is 0 Å². The van der Waals surface area contributed by atoms with Crippen molar-refractivity contribution in [2.24, 2.45) is 39.6 Å². The highest BCUT2D eigenvalue weighted by molar-refractivity contribution is 5.98. The average Bonchev–Trinajstić information content (AvgIpc) is 2.36. The zero-order valence-electron chi connectivity index (χ0n) is 12.3. The number of guanidine groups is 1. The lowest BCUT2D eigenvalue weighted by Crippen LogP contribution is -2.54. The Hall–Kier alpha value is -1.59. The summed E-state index contributed by atoms with van der Waals surface area (Å²) in [5.41, 5.74) is 10.1. The van der Waals surface area contributed by atoms with Crippen LogP contribution in [0.1, 0.15) is 44.9 Å². The highest BCUT2D eigenvalue weighted by Crippen LogP contribution is 2.60. The summed E-state index contributed by atoms with van der Waals surface area (Å²) in [5.74, 6) is 1.71. The Labute approximate surface area is 124 Å². The highest BCUT2D eigenvalue weighted by Gasteiger charge is 2.54. The third-order valence-corrected chi connectivity index (χ3v) is 5.41. The van der Waals surface area contributed by atoms with Gasteiger partial charge in [0.2, 0.25) is 11.8 Å². The first-order valence-electron chi connectivity index (χ1n) is 7.86. The minimum Gasteiger partial charge on any atom is -0.370 e. The molecule has 0 radical (unpaired) electrons. The molecule has 0 aromatic carbocycles. The van der Waals surface area contributed by atoms with Gasteiger partial charge >= 0.3 is 0 Å². The van der Waals surface area contributed by atoms with E-state index in [-0.39, 0.29) is 36.2 Å². The molecule has 0 aromatic rings. The van der Waals surface area contributed by atoms with E-state index in [0.717, 1.165) is 19.3 Å². The largest absolute Gasteiger partial charge is 0.370 e. The SMILES string of the molecule is NC(N)=NCCC(=O)NC(=O)C12CC3CC(CC(C3)C1)C2. The van der Waals surface area contributed by atoms with Crippen molar-refractivity contribution in [1.82, 2.24) is 5.32 Å². The summed E-state index contributed by atoms with van der Waals surface area (Å²) in [4.78, 5) is 28.2. The van der Waals surface area contributed by atoms with Crippen molar-refractivity contribution in [3.8, 4) is 0 Å². The highest BCUT2D eigenvalue weighted by atomic mass is 16.2. The molecule has 0 spiro atoms. The summed E-state index contributed by atoms with van der Waals surface area (Å²) < 4.78 is 0. The van der Waals surface area contributed by atoms with Crippen LogP contribution >= 0.6 is 0 Å². The molecule has 4 rings (SSSR count). The van der Waals surface area contributed by atoms with Crippen molar-refractivity contribution in [2.75, 3.05) is 6.54 Å². The molecule has 0 atom stereocenters. The third-order valence-electron chi connectivity index (χ3n) is 5.41. The van der Waals surface area contributed by atoms with Crippen molar-refractivity contribution in [3.05, 3.63) is 0 Å². The van der Waals surface area contributed by atoms with Crippen LogP contribution in [0.25, 0.3) is 0 Å². The van der Waals surface area contributed by atoms with Gasteiger partial charge in [-0.05, 0) is 56.3 Å². The topological polar surface area (TPSA) is 111 Å². The van der Waals surface area contributed by atoms with Gasteiger partial charge in [0.25, 0.3) is 0 Å². The van der Waals surface area contributed by atoms with E-state index in [4.69, 9.17) is 11.5 Å². The predicted molar refractivity (Wildman–Crippen MR) is 79.0 cm³/mol. The molecule has 4 bridgehead atoms. The first-order chi connectivity index (χ1) is 9.97. The molecule has 21 heavy (non-hydrogen) atoms. The number of hydrogen-bond acceptors (Lipinski definition) is 3. The van der Waals surface area contributed by atoms with E-state index in [1.54, 1.807) is 0 Å². The summed E-state index contributed by atoms with van der Waals surface area (Å²) in [6, 6.07) is 0. The lowest BCUT2D eigenvalue weighted by molar-refractivity contribution is -0.149. The summed E-state index contributed by atoms with van der Waals surface area (Å²) in [6.45, 7) is 0.225. The van der Waals surface area contributed by atoms with Crippen molar-refractivity contribution < 1.29 is 9.59 Å². The number of rotatable bonds is 4. The summed E-state index contributed by atoms with van der Waals surface area (Å²) in [5, 5.41) is 2.58.